The fourth-order valence-electron chi connectivity index (χ4n) is 4.40. The van der Waals surface area contributed by atoms with Gasteiger partial charge in [0.15, 0.2) is 11.5 Å². The Labute approximate surface area is 219 Å². The van der Waals surface area contributed by atoms with Gasteiger partial charge in [-0.25, -0.2) is 0 Å². The largest absolute Gasteiger partial charge is 0.490 e. The number of hydrogen-bond acceptors (Lipinski definition) is 6. The molecule has 3 aromatic rings. The van der Waals surface area contributed by atoms with Crippen LogP contribution in [0.4, 0.5) is 0 Å². The van der Waals surface area contributed by atoms with E-state index in [4.69, 9.17) is 18.9 Å². The molecule has 0 radical (unpaired) electrons. The molecule has 0 aromatic heterocycles. The lowest BCUT2D eigenvalue weighted by atomic mass is 10.0. The zero-order valence-corrected chi connectivity index (χ0v) is 22.4. The van der Waals surface area contributed by atoms with Crippen molar-refractivity contribution in [2.75, 3.05) is 14.2 Å². The third kappa shape index (κ3) is 7.48. The number of ether oxygens (including phenoxy) is 4. The minimum atomic E-state index is -0.425. The molecule has 0 unspecified atom stereocenters. The van der Waals surface area contributed by atoms with Gasteiger partial charge in [0.2, 0.25) is 11.5 Å². The van der Waals surface area contributed by atoms with Crippen LogP contribution < -0.4 is 18.9 Å². The molecule has 0 fully saturated rings. The summed E-state index contributed by atoms with van der Waals surface area (Å²) in [6.45, 7) is 4.26. The van der Waals surface area contributed by atoms with Crippen molar-refractivity contribution >= 4 is 22.7 Å². The monoisotopic (exact) mass is 506 g/mol. The molecule has 198 valence electrons. The lowest BCUT2D eigenvalue weighted by Gasteiger charge is -2.20. The van der Waals surface area contributed by atoms with Crippen molar-refractivity contribution in [3.8, 4) is 23.0 Å². The Morgan fingerprint density at radius 3 is 1.95 bits per heavy atom. The number of rotatable bonds is 14. The van der Waals surface area contributed by atoms with Crippen molar-refractivity contribution in [3.05, 3.63) is 59.7 Å². The van der Waals surface area contributed by atoms with Gasteiger partial charge in [-0.2, -0.15) is 0 Å². The minimum absolute atomic E-state index is 0.108. The molecule has 0 amide bonds. The molecule has 0 bridgehead atoms. The maximum atomic E-state index is 13.0. The Morgan fingerprint density at radius 1 is 0.649 bits per heavy atom. The van der Waals surface area contributed by atoms with Gasteiger partial charge in [-0.15, -0.1) is 0 Å². The van der Waals surface area contributed by atoms with E-state index < -0.39 is 5.97 Å². The zero-order valence-electron chi connectivity index (χ0n) is 22.4. The molecule has 0 spiro atoms. The van der Waals surface area contributed by atoms with Crippen molar-refractivity contribution in [3.63, 3.8) is 0 Å². The van der Waals surface area contributed by atoms with Crippen LogP contribution in [-0.4, -0.2) is 26.2 Å². The predicted octanol–water partition coefficient (Wildman–Crippen LogP) is 7.22. The van der Waals surface area contributed by atoms with Gasteiger partial charge in [0.25, 0.3) is 0 Å². The van der Waals surface area contributed by atoms with Crippen LogP contribution in [0, 0.1) is 0 Å². The highest BCUT2D eigenvalue weighted by Crippen LogP contribution is 2.51. The summed E-state index contributed by atoms with van der Waals surface area (Å²) < 4.78 is 23.1. The molecule has 0 aliphatic heterocycles. The van der Waals surface area contributed by atoms with Crippen LogP contribution in [0.1, 0.15) is 69.9 Å². The molecule has 0 aliphatic rings. The summed E-state index contributed by atoms with van der Waals surface area (Å²) in [5.74, 6) is 0.220. The normalized spacial score (nSPS) is 10.8. The maximum absolute atomic E-state index is 13.0. The van der Waals surface area contributed by atoms with E-state index >= 15 is 0 Å². The molecule has 0 saturated heterocycles. The third-order valence-electron chi connectivity index (χ3n) is 6.25. The van der Waals surface area contributed by atoms with E-state index in [-0.39, 0.29) is 35.4 Å². The fourth-order valence-corrected chi connectivity index (χ4v) is 4.40. The van der Waals surface area contributed by atoms with Crippen molar-refractivity contribution in [2.24, 2.45) is 0 Å². The van der Waals surface area contributed by atoms with Gasteiger partial charge in [0.05, 0.1) is 20.6 Å². The molecule has 0 N–H and O–H groups in total. The molecule has 0 heterocycles. The van der Waals surface area contributed by atoms with Gasteiger partial charge in [-0.05, 0) is 30.0 Å². The first-order chi connectivity index (χ1) is 18.0. The summed E-state index contributed by atoms with van der Waals surface area (Å²) in [6, 6.07) is 15.3. The Kier molecular flexibility index (Phi) is 10.8. The third-order valence-corrected chi connectivity index (χ3v) is 6.25. The summed E-state index contributed by atoms with van der Waals surface area (Å²) in [7, 11) is 2.96. The van der Waals surface area contributed by atoms with Gasteiger partial charge >= 0.3 is 11.9 Å². The number of fused-ring (bicyclic) bond motifs is 1. The van der Waals surface area contributed by atoms with Crippen LogP contribution in [0.25, 0.3) is 10.8 Å². The first-order valence-corrected chi connectivity index (χ1v) is 13.2. The van der Waals surface area contributed by atoms with Crippen LogP contribution in [0.3, 0.4) is 0 Å². The Bertz CT molecular complexity index is 1190. The highest BCUT2D eigenvalue weighted by Gasteiger charge is 2.27. The van der Waals surface area contributed by atoms with Crippen molar-refractivity contribution < 1.29 is 28.5 Å². The standard InChI is InChI=1S/C31H38O6/c1-5-7-8-9-13-17-26(32)36-28-24-19-18-22(14-6-2)20-25(24)29(31(35-4)30(28)34-3)37-27(33)21-23-15-11-10-12-16-23/h10-12,15-16,18-20H,5-9,13-14,17,21H2,1-4H3. The van der Waals surface area contributed by atoms with E-state index in [1.54, 1.807) is 0 Å². The highest BCUT2D eigenvalue weighted by atomic mass is 16.6. The molecular formula is C31H38O6. The summed E-state index contributed by atoms with van der Waals surface area (Å²) in [5, 5.41) is 1.26. The molecule has 0 aliphatic carbocycles. The second kappa shape index (κ2) is 14.3. The Morgan fingerprint density at radius 2 is 1.30 bits per heavy atom. The summed E-state index contributed by atoms with van der Waals surface area (Å²) in [6.07, 6.45) is 7.41. The first-order valence-electron chi connectivity index (χ1n) is 13.2. The summed E-state index contributed by atoms with van der Waals surface area (Å²) in [4.78, 5) is 25.7. The molecule has 6 nitrogen and oxygen atoms in total. The lowest BCUT2D eigenvalue weighted by Crippen LogP contribution is -2.14. The van der Waals surface area contributed by atoms with Crippen LogP contribution in [-0.2, 0) is 22.4 Å². The number of esters is 2. The maximum Gasteiger partial charge on any atom is 0.315 e. The van der Waals surface area contributed by atoms with E-state index in [9.17, 15) is 9.59 Å². The smallest absolute Gasteiger partial charge is 0.315 e. The first kappa shape index (κ1) is 28.0. The number of methoxy groups -OCH3 is 2. The highest BCUT2D eigenvalue weighted by molar-refractivity contribution is 6.01. The molecule has 0 saturated carbocycles. The number of carbonyl (C=O) groups is 2. The van der Waals surface area contributed by atoms with Crippen molar-refractivity contribution in [2.45, 2.75) is 71.6 Å². The number of hydrogen-bond donors (Lipinski definition) is 0. The predicted molar refractivity (Wildman–Crippen MR) is 146 cm³/mol. The number of benzene rings is 3. The van der Waals surface area contributed by atoms with Crippen LogP contribution in [0.2, 0.25) is 0 Å². The van der Waals surface area contributed by atoms with Gasteiger partial charge in [0, 0.05) is 17.2 Å². The van der Waals surface area contributed by atoms with Crippen LogP contribution in [0.15, 0.2) is 48.5 Å². The van der Waals surface area contributed by atoms with Gasteiger partial charge in [-0.3, -0.25) is 9.59 Å². The average molecular weight is 507 g/mol. The number of aryl methyl sites for hydroxylation is 1. The molecule has 3 aromatic carbocycles. The van der Waals surface area contributed by atoms with Crippen molar-refractivity contribution in [1.29, 1.82) is 0 Å². The van der Waals surface area contributed by atoms with Gasteiger partial charge in [0.1, 0.15) is 0 Å². The van der Waals surface area contributed by atoms with E-state index in [0.717, 1.165) is 56.1 Å². The van der Waals surface area contributed by atoms with Crippen LogP contribution >= 0.6 is 0 Å². The van der Waals surface area contributed by atoms with E-state index in [0.29, 0.717) is 17.2 Å². The Balaban J connectivity index is 2.01. The van der Waals surface area contributed by atoms with Crippen LogP contribution in [0.5, 0.6) is 23.0 Å². The number of carbonyl (C=O) groups excluding carboxylic acids is 2. The molecule has 6 heteroatoms. The SMILES string of the molecule is CCCCCCCC(=O)Oc1c(OC)c(OC)c(OC(=O)Cc2ccccc2)c2cc(CCC)ccc12. The number of unbranched alkanes of at least 4 members (excludes halogenated alkanes) is 4. The molecule has 0 atom stereocenters. The average Bonchev–Trinajstić information content (AvgIpc) is 2.90. The summed E-state index contributed by atoms with van der Waals surface area (Å²) in [5.41, 5.74) is 1.93. The van der Waals surface area contributed by atoms with Crippen molar-refractivity contribution in [1.82, 2.24) is 0 Å². The molecule has 3 rings (SSSR count). The molecular weight excluding hydrogens is 468 g/mol. The molecule has 37 heavy (non-hydrogen) atoms. The second-order valence-electron chi connectivity index (χ2n) is 9.13. The quantitative estimate of drug-likeness (QED) is 0.131. The minimum Gasteiger partial charge on any atom is -0.490 e. The topological polar surface area (TPSA) is 71.1 Å². The van der Waals surface area contributed by atoms with E-state index in [2.05, 4.69) is 13.8 Å². The Hall–Kier alpha value is -3.54. The van der Waals surface area contributed by atoms with Gasteiger partial charge in [-0.1, -0.05) is 88.4 Å². The summed E-state index contributed by atoms with van der Waals surface area (Å²) >= 11 is 0. The van der Waals surface area contributed by atoms with E-state index in [1.807, 2.05) is 48.5 Å². The fraction of sp³-hybridized carbons (Fsp3) is 0.419. The van der Waals surface area contributed by atoms with E-state index in [1.165, 1.54) is 14.2 Å². The second-order valence-corrected chi connectivity index (χ2v) is 9.13. The zero-order chi connectivity index (χ0) is 26.6. The lowest BCUT2D eigenvalue weighted by molar-refractivity contribution is -0.135. The van der Waals surface area contributed by atoms with Gasteiger partial charge < -0.3 is 18.9 Å².